The van der Waals surface area contributed by atoms with Gasteiger partial charge in [0.2, 0.25) is 0 Å². The first-order valence-electron chi connectivity index (χ1n) is 6.05. The molecule has 0 amide bonds. The number of hydrogen-bond donors (Lipinski definition) is 0. The molecule has 0 radical (unpaired) electrons. The number of fused-ring (bicyclic) bond motifs is 2. The zero-order chi connectivity index (χ0) is 11.2. The average Bonchev–Trinajstić information content (AvgIpc) is 2.31. The van der Waals surface area contributed by atoms with Gasteiger partial charge in [0.05, 0.1) is 6.10 Å². The minimum absolute atomic E-state index is 0.494. The van der Waals surface area contributed by atoms with E-state index in [4.69, 9.17) is 4.74 Å². The van der Waals surface area contributed by atoms with E-state index in [0.717, 1.165) is 0 Å². The van der Waals surface area contributed by atoms with Gasteiger partial charge in [0.15, 0.2) is 0 Å². The van der Waals surface area contributed by atoms with E-state index in [1.165, 1.54) is 36.6 Å². The lowest BCUT2D eigenvalue weighted by molar-refractivity contribution is 0.0433. The van der Waals surface area contributed by atoms with Crippen LogP contribution in [0, 0.1) is 0 Å². The van der Waals surface area contributed by atoms with Gasteiger partial charge in [-0.05, 0) is 60.8 Å². The average molecular weight is 281 g/mol. The lowest BCUT2D eigenvalue weighted by atomic mass is 9.57. The normalized spacial score (nSPS) is 32.2. The maximum Gasteiger partial charge on any atom is 0.0572 e. The number of ether oxygens (including phenoxy) is 1. The van der Waals surface area contributed by atoms with Crippen molar-refractivity contribution in [3.05, 3.63) is 33.8 Å². The highest BCUT2D eigenvalue weighted by molar-refractivity contribution is 9.10. The van der Waals surface area contributed by atoms with Crippen molar-refractivity contribution in [3.63, 3.8) is 0 Å². The molecule has 0 heterocycles. The van der Waals surface area contributed by atoms with E-state index in [2.05, 4.69) is 34.1 Å². The Morgan fingerprint density at radius 1 is 1.31 bits per heavy atom. The van der Waals surface area contributed by atoms with E-state index in [0.29, 0.717) is 11.5 Å². The Bertz CT molecular complexity index is 405. The first-order valence-corrected chi connectivity index (χ1v) is 6.84. The number of methoxy groups -OCH3 is 1. The van der Waals surface area contributed by atoms with Crippen LogP contribution in [0.5, 0.6) is 0 Å². The fraction of sp³-hybridized carbons (Fsp3) is 0.571. The molecule has 0 N–H and O–H groups in total. The second-order valence-electron chi connectivity index (χ2n) is 5.19. The summed E-state index contributed by atoms with van der Waals surface area (Å²) in [5, 5.41) is 0. The largest absolute Gasteiger partial charge is 0.381 e. The van der Waals surface area contributed by atoms with Gasteiger partial charge in [0.25, 0.3) is 0 Å². The monoisotopic (exact) mass is 280 g/mol. The third-order valence-corrected chi connectivity index (χ3v) is 4.89. The molecule has 0 atom stereocenters. The predicted molar refractivity (Wildman–Crippen MR) is 68.8 cm³/mol. The van der Waals surface area contributed by atoms with Crippen LogP contribution in [0.25, 0.3) is 0 Å². The molecule has 2 heteroatoms. The summed E-state index contributed by atoms with van der Waals surface area (Å²) >= 11 is 3.58. The second-order valence-corrected chi connectivity index (χ2v) is 6.11. The predicted octanol–water partition coefficient (Wildman–Crippen LogP) is 3.83. The van der Waals surface area contributed by atoms with Crippen LogP contribution in [0.2, 0.25) is 0 Å². The molecule has 16 heavy (non-hydrogen) atoms. The van der Waals surface area contributed by atoms with Crippen molar-refractivity contribution in [2.24, 2.45) is 0 Å². The van der Waals surface area contributed by atoms with Crippen LogP contribution < -0.4 is 0 Å². The van der Waals surface area contributed by atoms with E-state index < -0.39 is 0 Å². The molecule has 0 unspecified atom stereocenters. The summed E-state index contributed by atoms with van der Waals surface area (Å²) in [6.45, 7) is 0. The molecule has 86 valence electrons. The van der Waals surface area contributed by atoms with E-state index in [-0.39, 0.29) is 0 Å². The zero-order valence-electron chi connectivity index (χ0n) is 9.63. The Morgan fingerprint density at radius 3 is 2.75 bits per heavy atom. The summed E-state index contributed by atoms with van der Waals surface area (Å²) < 4.78 is 6.68. The van der Waals surface area contributed by atoms with Crippen LogP contribution in [0.15, 0.2) is 22.7 Å². The molecule has 0 aliphatic heterocycles. The van der Waals surface area contributed by atoms with Crippen LogP contribution in [-0.4, -0.2) is 13.2 Å². The molecule has 1 aromatic carbocycles. The van der Waals surface area contributed by atoms with Gasteiger partial charge in [-0.1, -0.05) is 22.0 Å². The summed E-state index contributed by atoms with van der Waals surface area (Å²) in [5.41, 5.74) is 3.64. The quantitative estimate of drug-likeness (QED) is 0.760. The maximum atomic E-state index is 5.46. The minimum Gasteiger partial charge on any atom is -0.381 e. The molecule has 0 bridgehead atoms. The highest BCUT2D eigenvalue weighted by Crippen LogP contribution is 2.51. The number of hydrogen-bond acceptors (Lipinski definition) is 1. The van der Waals surface area contributed by atoms with Crippen molar-refractivity contribution in [1.29, 1.82) is 0 Å². The molecule has 1 spiro atoms. The Morgan fingerprint density at radius 2 is 2.06 bits per heavy atom. The van der Waals surface area contributed by atoms with Gasteiger partial charge in [-0.15, -0.1) is 0 Å². The smallest absolute Gasteiger partial charge is 0.0572 e. The van der Waals surface area contributed by atoms with Crippen molar-refractivity contribution in [1.82, 2.24) is 0 Å². The first-order chi connectivity index (χ1) is 7.73. The standard InChI is InChI=1S/C14H17BrO/c1-16-12-4-6-14(7-5-12)9-10-2-3-11(15)8-13(10)14/h2-3,8,12H,4-7,9H2,1H3/t12-,14-. The van der Waals surface area contributed by atoms with Gasteiger partial charge in [-0.3, -0.25) is 0 Å². The summed E-state index contributed by atoms with van der Waals surface area (Å²) in [5.74, 6) is 0. The summed E-state index contributed by atoms with van der Waals surface area (Å²) in [7, 11) is 1.84. The highest BCUT2D eigenvalue weighted by Gasteiger charge is 2.44. The fourth-order valence-electron chi connectivity index (χ4n) is 3.38. The van der Waals surface area contributed by atoms with Crippen molar-refractivity contribution in [3.8, 4) is 0 Å². The molecule has 1 fully saturated rings. The minimum atomic E-state index is 0.494. The Balaban J connectivity index is 1.83. The van der Waals surface area contributed by atoms with Crippen LogP contribution >= 0.6 is 15.9 Å². The SMILES string of the molecule is CO[C@H]1CC[C@]2(CC1)Cc1ccc(Br)cc12. The molecule has 1 saturated carbocycles. The van der Waals surface area contributed by atoms with Crippen molar-refractivity contribution in [2.45, 2.75) is 43.6 Å². The topological polar surface area (TPSA) is 9.23 Å². The van der Waals surface area contributed by atoms with Gasteiger partial charge in [-0.2, -0.15) is 0 Å². The molecule has 1 aromatic rings. The van der Waals surface area contributed by atoms with Crippen molar-refractivity contribution in [2.75, 3.05) is 7.11 Å². The van der Waals surface area contributed by atoms with Gasteiger partial charge in [0, 0.05) is 11.6 Å². The number of benzene rings is 1. The van der Waals surface area contributed by atoms with E-state index >= 15 is 0 Å². The van der Waals surface area contributed by atoms with Gasteiger partial charge >= 0.3 is 0 Å². The molecule has 0 aromatic heterocycles. The van der Waals surface area contributed by atoms with Crippen LogP contribution in [0.1, 0.15) is 36.8 Å². The molecular weight excluding hydrogens is 264 g/mol. The van der Waals surface area contributed by atoms with Gasteiger partial charge < -0.3 is 4.74 Å². The Labute approximate surface area is 105 Å². The van der Waals surface area contributed by atoms with Crippen LogP contribution in [0.3, 0.4) is 0 Å². The highest BCUT2D eigenvalue weighted by atomic mass is 79.9. The third kappa shape index (κ3) is 1.54. The number of halogens is 1. The molecule has 1 nitrogen and oxygen atoms in total. The number of rotatable bonds is 1. The lowest BCUT2D eigenvalue weighted by Crippen LogP contribution is -2.43. The Kier molecular flexibility index (Phi) is 2.60. The van der Waals surface area contributed by atoms with Gasteiger partial charge in [-0.25, -0.2) is 0 Å². The summed E-state index contributed by atoms with van der Waals surface area (Å²) in [6.07, 6.45) is 6.84. The van der Waals surface area contributed by atoms with Crippen molar-refractivity contribution < 1.29 is 4.74 Å². The summed E-state index contributed by atoms with van der Waals surface area (Å²) in [6, 6.07) is 6.76. The molecular formula is C14H17BrO. The van der Waals surface area contributed by atoms with Crippen molar-refractivity contribution >= 4 is 15.9 Å². The Hall–Kier alpha value is -0.340. The van der Waals surface area contributed by atoms with E-state index in [1.54, 1.807) is 11.1 Å². The fourth-order valence-corrected chi connectivity index (χ4v) is 3.74. The molecule has 3 rings (SSSR count). The molecule has 0 saturated heterocycles. The van der Waals surface area contributed by atoms with E-state index in [9.17, 15) is 0 Å². The second kappa shape index (κ2) is 3.85. The summed E-state index contributed by atoms with van der Waals surface area (Å²) in [4.78, 5) is 0. The lowest BCUT2D eigenvalue weighted by Gasteiger charge is -2.48. The van der Waals surface area contributed by atoms with Crippen LogP contribution in [-0.2, 0) is 16.6 Å². The third-order valence-electron chi connectivity index (χ3n) is 4.40. The first kappa shape index (κ1) is 10.8. The van der Waals surface area contributed by atoms with E-state index in [1.807, 2.05) is 7.11 Å². The maximum absolute atomic E-state index is 5.46. The zero-order valence-corrected chi connectivity index (χ0v) is 11.2. The van der Waals surface area contributed by atoms with Crippen LogP contribution in [0.4, 0.5) is 0 Å². The molecule has 2 aliphatic rings. The van der Waals surface area contributed by atoms with Gasteiger partial charge in [0.1, 0.15) is 0 Å². The molecule has 2 aliphatic carbocycles.